The van der Waals surface area contributed by atoms with Gasteiger partial charge in [-0.2, -0.15) is 0 Å². The van der Waals surface area contributed by atoms with Gasteiger partial charge >= 0.3 is 0 Å². The minimum absolute atomic E-state index is 0.256. The van der Waals surface area contributed by atoms with Crippen LogP contribution in [0.5, 0.6) is 0 Å². The number of hydrogen-bond acceptors (Lipinski definition) is 2. The Kier molecular flexibility index (Phi) is 5.24. The molecule has 2 aliphatic rings. The zero-order valence-corrected chi connectivity index (χ0v) is 12.9. The minimum atomic E-state index is -0.616. The number of likely N-dealkylation sites (tertiary alicyclic amines) is 1. The summed E-state index contributed by atoms with van der Waals surface area (Å²) in [5, 5.41) is 3.40. The maximum absolute atomic E-state index is 14.3. The predicted octanol–water partition coefficient (Wildman–Crippen LogP) is 3.08. The first kappa shape index (κ1) is 15.2. The van der Waals surface area contributed by atoms with Gasteiger partial charge in [0, 0.05) is 13.1 Å². The van der Waals surface area contributed by atoms with E-state index in [1.165, 1.54) is 12.8 Å². The van der Waals surface area contributed by atoms with E-state index in [0.717, 1.165) is 44.9 Å². The van der Waals surface area contributed by atoms with Gasteiger partial charge in [-0.3, -0.25) is 0 Å². The lowest BCUT2D eigenvalue weighted by molar-refractivity contribution is 0.0510. The van der Waals surface area contributed by atoms with Crippen LogP contribution in [0.3, 0.4) is 0 Å². The van der Waals surface area contributed by atoms with Crippen molar-refractivity contribution in [2.24, 2.45) is 17.3 Å². The Labute approximate surface area is 118 Å². The molecule has 2 fully saturated rings. The van der Waals surface area contributed by atoms with Crippen molar-refractivity contribution in [3.8, 4) is 0 Å². The van der Waals surface area contributed by atoms with Crippen molar-refractivity contribution < 1.29 is 4.39 Å². The molecule has 1 N–H and O–H groups in total. The van der Waals surface area contributed by atoms with Crippen molar-refractivity contribution in [1.29, 1.82) is 0 Å². The van der Waals surface area contributed by atoms with Crippen LogP contribution in [0, 0.1) is 17.3 Å². The van der Waals surface area contributed by atoms with E-state index in [1.807, 2.05) is 0 Å². The molecule has 0 aliphatic carbocycles. The molecule has 2 saturated heterocycles. The number of alkyl halides is 1. The highest BCUT2D eigenvalue weighted by Gasteiger charge is 2.32. The summed E-state index contributed by atoms with van der Waals surface area (Å²) in [6, 6.07) is 0. The number of piperidine rings is 2. The number of nitrogens with one attached hydrogen (secondary N) is 1. The van der Waals surface area contributed by atoms with Gasteiger partial charge < -0.3 is 10.2 Å². The van der Waals surface area contributed by atoms with Crippen molar-refractivity contribution in [2.75, 3.05) is 32.7 Å². The fourth-order valence-corrected chi connectivity index (χ4v) is 3.63. The molecule has 0 spiro atoms. The second-order valence-corrected chi connectivity index (χ2v) is 7.78. The van der Waals surface area contributed by atoms with E-state index in [2.05, 4.69) is 31.0 Å². The first-order valence-electron chi connectivity index (χ1n) is 8.01. The molecule has 0 saturated carbocycles. The Morgan fingerprint density at radius 3 is 2.42 bits per heavy atom. The van der Waals surface area contributed by atoms with E-state index >= 15 is 0 Å². The Morgan fingerprint density at radius 1 is 1.16 bits per heavy atom. The molecule has 0 radical (unpaired) electrons. The molecular formula is C16H31FN2. The van der Waals surface area contributed by atoms with Crippen LogP contribution in [-0.2, 0) is 0 Å². The molecule has 0 amide bonds. The summed E-state index contributed by atoms with van der Waals surface area (Å²) < 4.78 is 14.3. The Balaban J connectivity index is 1.75. The van der Waals surface area contributed by atoms with Crippen LogP contribution in [0.15, 0.2) is 0 Å². The van der Waals surface area contributed by atoms with Crippen LogP contribution in [0.2, 0.25) is 0 Å². The molecule has 2 nitrogen and oxygen atoms in total. The summed E-state index contributed by atoms with van der Waals surface area (Å²) in [5.74, 6) is 1.07. The number of halogens is 1. The standard InChI is InChI=1S/C16H31FN2/c1-16(2,3)10-14-6-9-19(12-15(14)17)11-13-4-7-18-8-5-13/h13-15,18H,4-12H2,1-3H3. The molecule has 0 bridgehead atoms. The molecule has 0 aromatic rings. The predicted molar refractivity (Wildman–Crippen MR) is 79.1 cm³/mol. The Morgan fingerprint density at radius 2 is 1.84 bits per heavy atom. The molecule has 2 rings (SSSR count). The summed E-state index contributed by atoms with van der Waals surface area (Å²) in [5.41, 5.74) is 0.256. The lowest BCUT2D eigenvalue weighted by atomic mass is 9.79. The Hall–Kier alpha value is -0.150. The summed E-state index contributed by atoms with van der Waals surface area (Å²) in [6.45, 7) is 11.8. The van der Waals surface area contributed by atoms with Gasteiger partial charge in [0.2, 0.25) is 0 Å². The van der Waals surface area contributed by atoms with Crippen molar-refractivity contribution in [2.45, 2.75) is 52.6 Å². The van der Waals surface area contributed by atoms with E-state index in [1.54, 1.807) is 0 Å². The lowest BCUT2D eigenvalue weighted by Crippen LogP contribution is -2.45. The van der Waals surface area contributed by atoms with E-state index in [9.17, 15) is 4.39 Å². The monoisotopic (exact) mass is 270 g/mol. The largest absolute Gasteiger partial charge is 0.317 e. The minimum Gasteiger partial charge on any atom is -0.317 e. The fourth-order valence-electron chi connectivity index (χ4n) is 3.63. The van der Waals surface area contributed by atoms with E-state index < -0.39 is 6.17 Å². The summed E-state index contributed by atoms with van der Waals surface area (Å²) >= 11 is 0. The van der Waals surface area contributed by atoms with Gasteiger partial charge in [-0.15, -0.1) is 0 Å². The molecule has 0 aromatic carbocycles. The molecule has 19 heavy (non-hydrogen) atoms. The highest BCUT2D eigenvalue weighted by Crippen LogP contribution is 2.33. The van der Waals surface area contributed by atoms with Crippen molar-refractivity contribution >= 4 is 0 Å². The zero-order valence-electron chi connectivity index (χ0n) is 12.9. The maximum atomic E-state index is 14.3. The Bertz CT molecular complexity index is 268. The molecule has 112 valence electrons. The van der Waals surface area contributed by atoms with Gasteiger partial charge in [-0.25, -0.2) is 4.39 Å². The number of hydrogen-bond donors (Lipinski definition) is 1. The smallest absolute Gasteiger partial charge is 0.116 e. The van der Waals surface area contributed by atoms with Crippen LogP contribution >= 0.6 is 0 Å². The first-order chi connectivity index (χ1) is 8.94. The third-order valence-corrected chi connectivity index (χ3v) is 4.61. The van der Waals surface area contributed by atoms with Crippen LogP contribution in [0.4, 0.5) is 4.39 Å². The second kappa shape index (κ2) is 6.53. The maximum Gasteiger partial charge on any atom is 0.116 e. The van der Waals surface area contributed by atoms with Gasteiger partial charge in [0.1, 0.15) is 6.17 Å². The first-order valence-corrected chi connectivity index (χ1v) is 8.01. The van der Waals surface area contributed by atoms with E-state index in [4.69, 9.17) is 0 Å². The van der Waals surface area contributed by atoms with E-state index in [-0.39, 0.29) is 11.3 Å². The SMILES string of the molecule is CC(C)(C)CC1CCN(CC2CCNCC2)CC1F. The van der Waals surface area contributed by atoms with Crippen molar-refractivity contribution in [3.05, 3.63) is 0 Å². The molecule has 2 aliphatic heterocycles. The number of nitrogens with zero attached hydrogens (tertiary/aromatic N) is 1. The third kappa shape index (κ3) is 5.03. The second-order valence-electron chi connectivity index (χ2n) is 7.78. The molecule has 2 heterocycles. The molecular weight excluding hydrogens is 239 g/mol. The fraction of sp³-hybridized carbons (Fsp3) is 1.00. The van der Waals surface area contributed by atoms with Crippen molar-refractivity contribution in [3.63, 3.8) is 0 Å². The average molecular weight is 270 g/mol. The zero-order chi connectivity index (χ0) is 13.9. The van der Waals surface area contributed by atoms with Crippen LogP contribution in [0.25, 0.3) is 0 Å². The van der Waals surface area contributed by atoms with Crippen LogP contribution in [0.1, 0.15) is 46.5 Å². The van der Waals surface area contributed by atoms with Gasteiger partial charge in [-0.05, 0) is 62.6 Å². The van der Waals surface area contributed by atoms with Crippen LogP contribution in [-0.4, -0.2) is 43.8 Å². The summed E-state index contributed by atoms with van der Waals surface area (Å²) in [6.07, 6.45) is 3.98. The molecule has 2 atom stereocenters. The lowest BCUT2D eigenvalue weighted by Gasteiger charge is -2.39. The topological polar surface area (TPSA) is 15.3 Å². The van der Waals surface area contributed by atoms with Gasteiger partial charge in [0.25, 0.3) is 0 Å². The number of rotatable bonds is 3. The third-order valence-electron chi connectivity index (χ3n) is 4.61. The highest BCUT2D eigenvalue weighted by atomic mass is 19.1. The van der Waals surface area contributed by atoms with Gasteiger partial charge in [0.15, 0.2) is 0 Å². The normalized spacial score (nSPS) is 31.6. The molecule has 3 heteroatoms. The quantitative estimate of drug-likeness (QED) is 0.848. The van der Waals surface area contributed by atoms with Crippen molar-refractivity contribution in [1.82, 2.24) is 10.2 Å². The summed E-state index contributed by atoms with van der Waals surface area (Å²) in [7, 11) is 0. The summed E-state index contributed by atoms with van der Waals surface area (Å²) in [4.78, 5) is 2.37. The van der Waals surface area contributed by atoms with Gasteiger partial charge in [0.05, 0.1) is 0 Å². The highest BCUT2D eigenvalue weighted by molar-refractivity contribution is 4.84. The van der Waals surface area contributed by atoms with Crippen LogP contribution < -0.4 is 5.32 Å². The van der Waals surface area contributed by atoms with Gasteiger partial charge in [-0.1, -0.05) is 20.8 Å². The molecule has 0 aromatic heterocycles. The average Bonchev–Trinajstić information content (AvgIpc) is 2.33. The molecule has 2 unspecified atom stereocenters. The van der Waals surface area contributed by atoms with E-state index in [0.29, 0.717) is 6.54 Å².